The number of hydrogen-bond donors (Lipinski definition) is 2. The minimum absolute atomic E-state index is 0.315. The monoisotopic (exact) mass is 1150 g/mol. The zero-order valence-corrected chi connectivity index (χ0v) is 43.9. The Labute approximate surface area is 435 Å². The van der Waals surface area contributed by atoms with Crippen molar-refractivity contribution in [1.82, 2.24) is 0 Å². The molecule has 0 amide bonds. The molecule has 2 aliphatic carbocycles. The van der Waals surface area contributed by atoms with Crippen LogP contribution in [0.4, 0.5) is 0 Å². The van der Waals surface area contributed by atoms with Crippen LogP contribution in [0.25, 0.3) is 43.1 Å². The van der Waals surface area contributed by atoms with Gasteiger partial charge < -0.3 is 14.9 Å². The predicted molar refractivity (Wildman–Crippen MR) is 298 cm³/mol. The van der Waals surface area contributed by atoms with E-state index in [1.165, 1.54) is 38.2 Å². The fourth-order valence-electron chi connectivity index (χ4n) is 11.0. The molecule has 0 fully saturated rings. The Kier molecular flexibility index (Phi) is 11.8. The molecule has 0 saturated carbocycles. The van der Waals surface area contributed by atoms with Gasteiger partial charge in [0, 0.05) is 36.0 Å². The van der Waals surface area contributed by atoms with E-state index in [1.807, 2.05) is 104 Å². The minimum Gasteiger partial charge on any atom is -0.377 e. The van der Waals surface area contributed by atoms with Gasteiger partial charge in [-0.05, 0) is 131 Å². The molecule has 10 aromatic carbocycles. The van der Waals surface area contributed by atoms with E-state index in [2.05, 4.69) is 180 Å². The van der Waals surface area contributed by atoms with Crippen LogP contribution in [0.1, 0.15) is 51.4 Å². The molecule has 0 spiro atoms. The molecule has 10 aromatic rings. The standard InChI is InChI=1S/C32H24Br2O.C30H20Br2O2/c1-31(25-15-17-29(33)23-11-5-3-9-21(23)25)19-20-32(35-2,28-14-8-7-13-27(28)31)26-16-18-30(34)24-12-6-4-10-22(24)26;31-27-15-13-23(19-7-1-3-9-21(19)27)29(33)17-18-30(34,26-12-6-5-11-25(26)29)24-14-16-28(32)22-10-4-2-8-20(22)24/h3-20H,1-2H3;1-18,33-34H/t31-,32-;29-,30+/m1./s1. The number of fused-ring (bicyclic) bond motifs is 6. The van der Waals surface area contributed by atoms with Crippen LogP contribution in [0, 0.1) is 0 Å². The van der Waals surface area contributed by atoms with E-state index in [9.17, 15) is 10.2 Å². The van der Waals surface area contributed by atoms with Crippen molar-refractivity contribution in [3.05, 3.63) is 281 Å². The second-order valence-electron chi connectivity index (χ2n) is 18.0. The first-order valence-electron chi connectivity index (χ1n) is 22.7. The van der Waals surface area contributed by atoms with Gasteiger partial charge in [-0.3, -0.25) is 0 Å². The first-order chi connectivity index (χ1) is 33.4. The number of rotatable bonds is 5. The summed E-state index contributed by atoms with van der Waals surface area (Å²) in [6.45, 7) is 2.32. The Hall–Kier alpha value is -5.48. The third kappa shape index (κ3) is 7.27. The lowest BCUT2D eigenvalue weighted by Crippen LogP contribution is -2.38. The summed E-state index contributed by atoms with van der Waals surface area (Å²) in [5, 5.41) is 33.2. The number of ether oxygens (including phenoxy) is 1. The summed E-state index contributed by atoms with van der Waals surface area (Å²) in [6, 6.07) is 66.1. The summed E-state index contributed by atoms with van der Waals surface area (Å²) in [7, 11) is 1.82. The molecule has 0 aromatic heterocycles. The first-order valence-corrected chi connectivity index (χ1v) is 25.9. The highest BCUT2D eigenvalue weighted by Gasteiger charge is 2.46. The third-order valence-electron chi connectivity index (χ3n) is 14.4. The number of benzene rings is 10. The maximum absolute atomic E-state index is 12.2. The molecule has 2 aliphatic rings. The maximum atomic E-state index is 12.2. The summed E-state index contributed by atoms with van der Waals surface area (Å²) in [4.78, 5) is 0. The smallest absolute Gasteiger partial charge is 0.137 e. The molecule has 338 valence electrons. The van der Waals surface area contributed by atoms with Gasteiger partial charge in [0.05, 0.1) is 0 Å². The highest BCUT2D eigenvalue weighted by molar-refractivity contribution is 9.11. The van der Waals surface area contributed by atoms with E-state index in [0.29, 0.717) is 11.1 Å². The van der Waals surface area contributed by atoms with Crippen LogP contribution in [0.5, 0.6) is 0 Å². The van der Waals surface area contributed by atoms with E-state index < -0.39 is 16.8 Å². The molecule has 4 atom stereocenters. The van der Waals surface area contributed by atoms with Gasteiger partial charge >= 0.3 is 0 Å². The fraction of sp³-hybridized carbons (Fsp3) is 0.0968. The van der Waals surface area contributed by atoms with Crippen LogP contribution < -0.4 is 0 Å². The van der Waals surface area contributed by atoms with Crippen LogP contribution in [-0.2, 0) is 27.0 Å². The lowest BCUT2D eigenvalue weighted by Gasteiger charge is -2.43. The summed E-state index contributed by atoms with van der Waals surface area (Å²) < 4.78 is 10.6. The molecule has 7 heteroatoms. The van der Waals surface area contributed by atoms with E-state index in [1.54, 1.807) is 12.2 Å². The lowest BCUT2D eigenvalue weighted by molar-refractivity contribution is 0.0628. The molecule has 0 saturated heterocycles. The van der Waals surface area contributed by atoms with Gasteiger partial charge in [0.2, 0.25) is 0 Å². The van der Waals surface area contributed by atoms with Gasteiger partial charge in [-0.1, -0.05) is 240 Å². The van der Waals surface area contributed by atoms with Gasteiger partial charge in [-0.25, -0.2) is 0 Å². The molecule has 0 heterocycles. The Morgan fingerprint density at radius 3 is 1.01 bits per heavy atom. The van der Waals surface area contributed by atoms with Crippen LogP contribution >= 0.6 is 63.7 Å². The zero-order valence-electron chi connectivity index (χ0n) is 37.6. The van der Waals surface area contributed by atoms with Gasteiger partial charge in [0.1, 0.15) is 16.8 Å². The lowest BCUT2D eigenvalue weighted by atomic mass is 9.65. The molecular weight excluding hydrogens is 1110 g/mol. The molecule has 12 rings (SSSR count). The Balaban J connectivity index is 0.000000151. The van der Waals surface area contributed by atoms with Crippen LogP contribution in [0.2, 0.25) is 0 Å². The van der Waals surface area contributed by atoms with Crippen molar-refractivity contribution in [3.8, 4) is 0 Å². The topological polar surface area (TPSA) is 49.7 Å². The summed E-state index contributed by atoms with van der Waals surface area (Å²) in [5.41, 5.74) is 3.94. The van der Waals surface area contributed by atoms with Crippen molar-refractivity contribution in [2.75, 3.05) is 7.11 Å². The van der Waals surface area contributed by atoms with Gasteiger partial charge in [0.15, 0.2) is 0 Å². The number of aliphatic hydroxyl groups is 2. The zero-order chi connectivity index (χ0) is 47.7. The van der Waals surface area contributed by atoms with Crippen molar-refractivity contribution in [2.45, 2.75) is 29.1 Å². The van der Waals surface area contributed by atoms with E-state index in [-0.39, 0.29) is 5.41 Å². The predicted octanol–water partition coefficient (Wildman–Crippen LogP) is 16.8. The fourth-order valence-corrected chi connectivity index (χ4v) is 12.9. The molecule has 0 unspecified atom stereocenters. The Morgan fingerprint density at radius 1 is 0.304 bits per heavy atom. The highest BCUT2D eigenvalue weighted by atomic mass is 79.9. The maximum Gasteiger partial charge on any atom is 0.137 e. The average molecular weight is 1160 g/mol. The molecule has 69 heavy (non-hydrogen) atoms. The summed E-state index contributed by atoms with van der Waals surface area (Å²) >= 11 is 14.8. The van der Waals surface area contributed by atoms with E-state index in [0.717, 1.165) is 56.1 Å². The third-order valence-corrected chi connectivity index (χ3v) is 17.2. The minimum atomic E-state index is -1.39. The molecule has 0 aliphatic heterocycles. The normalized spacial score (nSPS) is 21.5. The van der Waals surface area contributed by atoms with Crippen LogP contribution in [-0.4, -0.2) is 17.3 Å². The van der Waals surface area contributed by atoms with Gasteiger partial charge in [-0.15, -0.1) is 0 Å². The van der Waals surface area contributed by atoms with E-state index in [4.69, 9.17) is 4.74 Å². The molecule has 2 N–H and O–H groups in total. The molecule has 0 radical (unpaired) electrons. The van der Waals surface area contributed by atoms with Gasteiger partial charge in [0.25, 0.3) is 0 Å². The highest BCUT2D eigenvalue weighted by Crippen LogP contribution is 2.52. The van der Waals surface area contributed by atoms with Crippen LogP contribution in [0.3, 0.4) is 0 Å². The first kappa shape index (κ1) is 45.9. The van der Waals surface area contributed by atoms with Crippen molar-refractivity contribution in [1.29, 1.82) is 0 Å². The van der Waals surface area contributed by atoms with Crippen LogP contribution in [0.15, 0.2) is 236 Å². The second-order valence-corrected chi connectivity index (χ2v) is 21.4. The van der Waals surface area contributed by atoms with E-state index >= 15 is 0 Å². The average Bonchev–Trinajstić information content (AvgIpc) is 3.39. The van der Waals surface area contributed by atoms with Crippen molar-refractivity contribution >= 4 is 107 Å². The number of allylic oxidation sites excluding steroid dienone is 1. The largest absolute Gasteiger partial charge is 0.377 e. The molecular formula is C62H44Br4O3. The number of hydrogen-bond acceptors (Lipinski definition) is 3. The Bertz CT molecular complexity index is 3630. The van der Waals surface area contributed by atoms with Crippen molar-refractivity contribution in [3.63, 3.8) is 0 Å². The molecule has 3 nitrogen and oxygen atoms in total. The quantitative estimate of drug-likeness (QED) is 0.169. The number of methoxy groups -OCH3 is 1. The Morgan fingerprint density at radius 2 is 0.609 bits per heavy atom. The number of halogens is 4. The summed E-state index contributed by atoms with van der Waals surface area (Å²) in [6.07, 6.45) is 8.08. The SMILES string of the molecule is CO[C@@]1(c2ccc(Br)c3ccccc23)C=C[C@](C)(c2ccc(Br)c3ccccc23)c2ccccc21.O[C@]1(c2ccc(Br)c3ccccc23)C=C[C@@](O)(c2ccc(Br)c3ccccc23)c2ccccc21. The summed E-state index contributed by atoms with van der Waals surface area (Å²) in [5.74, 6) is 0. The second kappa shape index (κ2) is 17.7. The van der Waals surface area contributed by atoms with Crippen molar-refractivity contribution in [2.24, 2.45) is 0 Å². The van der Waals surface area contributed by atoms with Gasteiger partial charge in [-0.2, -0.15) is 0 Å². The molecule has 0 bridgehead atoms. The van der Waals surface area contributed by atoms with Crippen molar-refractivity contribution < 1.29 is 14.9 Å².